The molecule has 0 aliphatic heterocycles. The zero-order valence-electron chi connectivity index (χ0n) is 21.6. The Balaban J connectivity index is 2.26. The van der Waals surface area contributed by atoms with Crippen LogP contribution in [0.5, 0.6) is 5.75 Å². The minimum absolute atomic E-state index is 0.00312. The number of nitrogens with zero attached hydrogens (tertiary/aromatic N) is 2. The molecule has 1 aromatic heterocycles. The highest BCUT2D eigenvalue weighted by molar-refractivity contribution is 7.80. The van der Waals surface area contributed by atoms with E-state index >= 15 is 0 Å². The molecule has 218 valence electrons. The van der Waals surface area contributed by atoms with Crippen LogP contribution in [0, 0.1) is 0 Å². The standard InChI is InChI=1S/C24H35N9O6S/c25-16(11-40)20(35)31-17(2-1-7-29-24(26)27)21(36)32-18(8-13-3-5-15(34)6-4-13)22(37)33-19(23(38)39)9-14-10-28-12-30-14/h3-6,10,12,16-19,34,40H,1-2,7-9,11,25H2,(H,28,30)(H,31,35)(H,32,36)(H,33,37)(H,38,39)(H4,26,27,29). The number of carbonyl (C=O) groups is 4. The van der Waals surface area contributed by atoms with Crippen LogP contribution in [-0.2, 0) is 32.0 Å². The molecule has 1 heterocycles. The van der Waals surface area contributed by atoms with Gasteiger partial charge in [0.1, 0.15) is 23.9 Å². The summed E-state index contributed by atoms with van der Waals surface area (Å²) in [5, 5.41) is 26.9. The topological polar surface area (TPSA) is 264 Å². The molecule has 1 aromatic carbocycles. The lowest BCUT2D eigenvalue weighted by Gasteiger charge is -2.25. The van der Waals surface area contributed by atoms with Crippen LogP contribution in [0.4, 0.5) is 0 Å². The van der Waals surface area contributed by atoms with E-state index in [9.17, 15) is 29.4 Å². The van der Waals surface area contributed by atoms with E-state index in [2.05, 4.69) is 43.5 Å². The first-order valence-corrected chi connectivity index (χ1v) is 12.9. The number of hydrogen-bond donors (Lipinski definition) is 10. The summed E-state index contributed by atoms with van der Waals surface area (Å²) in [5.74, 6) is -3.48. The van der Waals surface area contributed by atoms with E-state index in [1.807, 2.05) is 0 Å². The van der Waals surface area contributed by atoms with Gasteiger partial charge in [-0.25, -0.2) is 9.78 Å². The number of aromatic nitrogens is 2. The number of aliphatic imine (C=N–C) groups is 1. The van der Waals surface area contributed by atoms with Crippen LogP contribution in [0.15, 0.2) is 41.8 Å². The van der Waals surface area contributed by atoms with Gasteiger partial charge in [-0.2, -0.15) is 12.6 Å². The van der Waals surface area contributed by atoms with Crippen LogP contribution in [0.2, 0.25) is 0 Å². The van der Waals surface area contributed by atoms with E-state index in [1.165, 1.54) is 24.7 Å². The Labute approximate surface area is 235 Å². The van der Waals surface area contributed by atoms with Crippen LogP contribution in [0.1, 0.15) is 24.1 Å². The van der Waals surface area contributed by atoms with Gasteiger partial charge in [-0.1, -0.05) is 12.1 Å². The normalized spacial score (nSPS) is 13.8. The first kappa shape index (κ1) is 31.9. The van der Waals surface area contributed by atoms with Crippen LogP contribution in [-0.4, -0.2) is 86.3 Å². The smallest absolute Gasteiger partial charge is 0.326 e. The average molecular weight is 578 g/mol. The fraction of sp³-hybridized carbons (Fsp3) is 0.417. The van der Waals surface area contributed by atoms with Gasteiger partial charge < -0.3 is 48.3 Å². The zero-order chi connectivity index (χ0) is 29.7. The Morgan fingerprint density at radius 1 is 0.975 bits per heavy atom. The number of carboxylic acid groups (broad SMARTS) is 1. The van der Waals surface area contributed by atoms with Crippen molar-refractivity contribution in [1.82, 2.24) is 25.9 Å². The van der Waals surface area contributed by atoms with E-state index in [0.29, 0.717) is 17.7 Å². The van der Waals surface area contributed by atoms with Gasteiger partial charge in [-0.05, 0) is 30.5 Å². The fourth-order valence-corrected chi connectivity index (χ4v) is 3.74. The lowest BCUT2D eigenvalue weighted by molar-refractivity contribution is -0.142. The SMILES string of the molecule is NC(N)=NCCCC(NC(=O)C(N)CS)C(=O)NC(Cc1ccc(O)cc1)C(=O)NC(Cc1cnc[nH]1)C(=O)O. The third-order valence-corrected chi connectivity index (χ3v) is 6.11. The number of H-pyrrole nitrogens is 1. The number of aromatic hydroxyl groups is 1. The van der Waals surface area contributed by atoms with E-state index in [1.54, 1.807) is 12.1 Å². The van der Waals surface area contributed by atoms with E-state index in [-0.39, 0.29) is 43.3 Å². The van der Waals surface area contributed by atoms with Crippen molar-refractivity contribution < 1.29 is 29.4 Å². The highest BCUT2D eigenvalue weighted by atomic mass is 32.1. The number of amides is 3. The van der Waals surface area contributed by atoms with Gasteiger partial charge in [0.25, 0.3) is 0 Å². The molecule has 2 rings (SSSR count). The van der Waals surface area contributed by atoms with Crippen molar-refractivity contribution in [2.75, 3.05) is 12.3 Å². The summed E-state index contributed by atoms with van der Waals surface area (Å²) < 4.78 is 0. The van der Waals surface area contributed by atoms with Crippen molar-refractivity contribution in [2.24, 2.45) is 22.2 Å². The maximum atomic E-state index is 13.3. The minimum Gasteiger partial charge on any atom is -0.508 e. The minimum atomic E-state index is -1.32. The number of guanidine groups is 1. The molecule has 0 radical (unpaired) electrons. The number of phenols is 1. The number of nitrogens with one attached hydrogen (secondary N) is 4. The summed E-state index contributed by atoms with van der Waals surface area (Å²) in [6.07, 6.45) is 3.12. The second kappa shape index (κ2) is 15.9. The molecular weight excluding hydrogens is 542 g/mol. The molecule has 0 fully saturated rings. The second-order valence-corrected chi connectivity index (χ2v) is 9.28. The van der Waals surface area contributed by atoms with Gasteiger partial charge in [0.05, 0.1) is 12.4 Å². The number of nitrogens with two attached hydrogens (primary N) is 3. The monoisotopic (exact) mass is 577 g/mol. The van der Waals surface area contributed by atoms with Gasteiger partial charge in [-0.15, -0.1) is 0 Å². The molecule has 0 saturated carbocycles. The van der Waals surface area contributed by atoms with Gasteiger partial charge in [0, 0.05) is 37.0 Å². The van der Waals surface area contributed by atoms with Crippen molar-refractivity contribution in [3.8, 4) is 5.75 Å². The molecule has 0 bridgehead atoms. The summed E-state index contributed by atoms with van der Waals surface area (Å²) >= 11 is 4.01. The fourth-order valence-electron chi connectivity index (χ4n) is 3.57. The highest BCUT2D eigenvalue weighted by Gasteiger charge is 2.30. The second-order valence-electron chi connectivity index (χ2n) is 8.91. The number of imidazole rings is 1. The maximum Gasteiger partial charge on any atom is 0.326 e. The molecule has 40 heavy (non-hydrogen) atoms. The van der Waals surface area contributed by atoms with Crippen LogP contribution >= 0.6 is 12.6 Å². The highest BCUT2D eigenvalue weighted by Crippen LogP contribution is 2.12. The lowest BCUT2D eigenvalue weighted by Crippen LogP contribution is -2.58. The predicted molar refractivity (Wildman–Crippen MR) is 149 cm³/mol. The molecule has 15 nitrogen and oxygen atoms in total. The van der Waals surface area contributed by atoms with E-state index < -0.39 is 47.9 Å². The number of aromatic amines is 1. The van der Waals surface area contributed by atoms with Gasteiger partial charge in [-0.3, -0.25) is 19.4 Å². The molecule has 4 atom stereocenters. The van der Waals surface area contributed by atoms with Crippen molar-refractivity contribution >= 4 is 42.3 Å². The first-order valence-electron chi connectivity index (χ1n) is 12.3. The number of benzene rings is 1. The molecule has 0 saturated heterocycles. The van der Waals surface area contributed by atoms with Gasteiger partial charge in [0.15, 0.2) is 5.96 Å². The van der Waals surface area contributed by atoms with E-state index in [4.69, 9.17) is 17.2 Å². The Morgan fingerprint density at radius 2 is 1.60 bits per heavy atom. The summed E-state index contributed by atoms with van der Waals surface area (Å²) in [6.45, 7) is 0.186. The third kappa shape index (κ3) is 10.8. The summed E-state index contributed by atoms with van der Waals surface area (Å²) in [7, 11) is 0. The molecule has 2 aromatic rings. The van der Waals surface area contributed by atoms with Crippen molar-refractivity contribution in [3.05, 3.63) is 48.0 Å². The van der Waals surface area contributed by atoms with Gasteiger partial charge in [0.2, 0.25) is 17.7 Å². The quantitative estimate of drug-likeness (QED) is 0.0443. The Morgan fingerprint density at radius 3 is 2.17 bits per heavy atom. The molecule has 16 heteroatoms. The number of hydrogen-bond acceptors (Lipinski definition) is 9. The maximum absolute atomic E-state index is 13.3. The number of thiol groups is 1. The van der Waals surface area contributed by atoms with Crippen molar-refractivity contribution in [1.29, 1.82) is 0 Å². The lowest BCUT2D eigenvalue weighted by atomic mass is 10.0. The van der Waals surface area contributed by atoms with Crippen molar-refractivity contribution in [3.63, 3.8) is 0 Å². The first-order chi connectivity index (χ1) is 19.0. The summed E-state index contributed by atoms with van der Waals surface area (Å²) in [5.41, 5.74) is 17.5. The average Bonchev–Trinajstić information content (AvgIpc) is 3.43. The molecule has 0 spiro atoms. The summed E-state index contributed by atoms with van der Waals surface area (Å²) in [6, 6.07) is 1.29. The molecule has 3 amide bonds. The largest absolute Gasteiger partial charge is 0.508 e. The van der Waals surface area contributed by atoms with E-state index in [0.717, 1.165) is 0 Å². The van der Waals surface area contributed by atoms with Crippen LogP contribution in [0.25, 0.3) is 0 Å². The Bertz CT molecular complexity index is 1160. The molecule has 0 aliphatic carbocycles. The third-order valence-electron chi connectivity index (χ3n) is 5.71. The number of phenolic OH excluding ortho intramolecular Hbond substituents is 1. The predicted octanol–water partition coefficient (Wildman–Crippen LogP) is -2.25. The zero-order valence-corrected chi connectivity index (χ0v) is 22.5. The summed E-state index contributed by atoms with van der Waals surface area (Å²) in [4.78, 5) is 61.4. The number of carboxylic acids is 1. The van der Waals surface area contributed by atoms with Crippen LogP contribution < -0.4 is 33.2 Å². The van der Waals surface area contributed by atoms with Crippen molar-refractivity contribution in [2.45, 2.75) is 49.9 Å². The molecule has 0 aliphatic rings. The van der Waals surface area contributed by atoms with Crippen LogP contribution in [0.3, 0.4) is 0 Å². The molecular formula is C24H35N9O6S. The molecule has 12 N–H and O–H groups in total. The Kier molecular flexibility index (Phi) is 12.7. The number of rotatable bonds is 16. The Hall–Kier alpha value is -4.31. The number of carbonyl (C=O) groups excluding carboxylic acids is 3. The van der Waals surface area contributed by atoms with Gasteiger partial charge >= 0.3 is 5.97 Å². The number of aliphatic carboxylic acids is 1. The molecule has 4 unspecified atom stereocenters.